The average molecular weight is 346 g/mol. The number of hydrogen-bond donors (Lipinski definition) is 2. The minimum atomic E-state index is -0.147. The molecule has 6 nitrogen and oxygen atoms in total. The fraction of sp³-hybridized carbons (Fsp3) is 0.412. The first-order valence-electron chi connectivity index (χ1n) is 8.11. The van der Waals surface area contributed by atoms with Crippen LogP contribution in [0.5, 0.6) is 0 Å². The van der Waals surface area contributed by atoms with Gasteiger partial charge in [0.2, 0.25) is 0 Å². The van der Waals surface area contributed by atoms with Crippen molar-refractivity contribution in [3.63, 3.8) is 0 Å². The van der Waals surface area contributed by atoms with Crippen LogP contribution in [0.1, 0.15) is 21.1 Å². The number of carbonyl (C=O) groups excluding carboxylic acids is 1. The Morgan fingerprint density at radius 2 is 2.12 bits per heavy atom. The van der Waals surface area contributed by atoms with Crippen molar-refractivity contribution in [3.8, 4) is 0 Å². The standard InChI is InChI=1S/C17H22N4O2S/c18-6-5-16-20-14(12-24-16)17(22)19-11-13-3-1-2-4-15(13)21-7-9-23-10-8-21/h1-4,12H,5-11,18H2,(H,19,22). The monoisotopic (exact) mass is 346 g/mol. The van der Waals surface area contributed by atoms with Gasteiger partial charge in [-0.05, 0) is 18.2 Å². The Labute approximate surface area is 145 Å². The van der Waals surface area contributed by atoms with Gasteiger partial charge in [0.15, 0.2) is 0 Å². The second-order valence-electron chi connectivity index (χ2n) is 5.58. The average Bonchev–Trinajstić information content (AvgIpc) is 3.10. The number of carbonyl (C=O) groups is 1. The SMILES string of the molecule is NCCc1nc(C(=O)NCc2ccccc2N2CCOCC2)cs1. The molecule has 0 aliphatic carbocycles. The first-order chi connectivity index (χ1) is 11.8. The largest absolute Gasteiger partial charge is 0.378 e. The molecule has 0 radical (unpaired) electrons. The highest BCUT2D eigenvalue weighted by atomic mass is 32.1. The van der Waals surface area contributed by atoms with E-state index in [1.807, 2.05) is 18.2 Å². The molecule has 3 N–H and O–H groups in total. The van der Waals surface area contributed by atoms with Gasteiger partial charge >= 0.3 is 0 Å². The number of rotatable bonds is 6. The van der Waals surface area contributed by atoms with Crippen molar-refractivity contribution in [1.29, 1.82) is 0 Å². The molecule has 7 heteroatoms. The lowest BCUT2D eigenvalue weighted by Gasteiger charge is -2.30. The van der Waals surface area contributed by atoms with Gasteiger partial charge < -0.3 is 20.7 Å². The van der Waals surface area contributed by atoms with Gasteiger partial charge in [-0.15, -0.1) is 11.3 Å². The summed E-state index contributed by atoms with van der Waals surface area (Å²) in [6.07, 6.45) is 0.706. The third-order valence-electron chi connectivity index (χ3n) is 3.93. The quantitative estimate of drug-likeness (QED) is 0.827. The van der Waals surface area contributed by atoms with E-state index >= 15 is 0 Å². The Kier molecular flexibility index (Phi) is 5.79. The summed E-state index contributed by atoms with van der Waals surface area (Å²) in [6, 6.07) is 8.16. The fourth-order valence-electron chi connectivity index (χ4n) is 2.69. The normalized spacial score (nSPS) is 14.6. The lowest BCUT2D eigenvalue weighted by molar-refractivity contribution is 0.0946. The molecule has 0 unspecified atom stereocenters. The summed E-state index contributed by atoms with van der Waals surface area (Å²) in [5.41, 5.74) is 8.24. The predicted octanol–water partition coefficient (Wildman–Crippen LogP) is 1.41. The van der Waals surface area contributed by atoms with Crippen molar-refractivity contribution in [3.05, 3.63) is 45.9 Å². The molecule has 1 saturated heterocycles. The first-order valence-corrected chi connectivity index (χ1v) is 8.99. The molecule has 1 aliphatic heterocycles. The summed E-state index contributed by atoms with van der Waals surface area (Å²) in [5, 5.41) is 5.65. The second kappa shape index (κ2) is 8.23. The fourth-order valence-corrected chi connectivity index (χ4v) is 3.49. The Balaban J connectivity index is 1.64. The van der Waals surface area contributed by atoms with Crippen LogP contribution in [0.25, 0.3) is 0 Å². The molecule has 2 aromatic rings. The van der Waals surface area contributed by atoms with E-state index in [4.69, 9.17) is 10.5 Å². The van der Waals surface area contributed by atoms with Gasteiger partial charge in [0.25, 0.3) is 5.91 Å². The van der Waals surface area contributed by atoms with Gasteiger partial charge in [0, 0.05) is 37.1 Å². The van der Waals surface area contributed by atoms with Gasteiger partial charge in [-0.1, -0.05) is 18.2 Å². The topological polar surface area (TPSA) is 80.5 Å². The number of nitrogens with zero attached hydrogens (tertiary/aromatic N) is 2. The van der Waals surface area contributed by atoms with E-state index in [0.29, 0.717) is 25.2 Å². The molecular formula is C17H22N4O2S. The van der Waals surface area contributed by atoms with Gasteiger partial charge in [0.1, 0.15) is 5.69 Å². The highest BCUT2D eigenvalue weighted by molar-refractivity contribution is 7.09. The van der Waals surface area contributed by atoms with Gasteiger partial charge in [-0.25, -0.2) is 4.98 Å². The van der Waals surface area contributed by atoms with Crippen molar-refractivity contribution in [2.75, 3.05) is 37.7 Å². The molecule has 0 spiro atoms. The molecule has 2 heterocycles. The van der Waals surface area contributed by atoms with Crippen molar-refractivity contribution in [2.45, 2.75) is 13.0 Å². The molecule has 0 atom stereocenters. The minimum absolute atomic E-state index is 0.147. The van der Waals surface area contributed by atoms with Gasteiger partial charge in [-0.3, -0.25) is 4.79 Å². The van der Waals surface area contributed by atoms with E-state index in [0.717, 1.165) is 42.6 Å². The molecule has 128 valence electrons. The number of anilines is 1. The molecule has 1 aromatic heterocycles. The van der Waals surface area contributed by atoms with Crippen LogP contribution < -0.4 is 16.0 Å². The summed E-state index contributed by atoms with van der Waals surface area (Å²) < 4.78 is 5.41. The van der Waals surface area contributed by atoms with Crippen LogP contribution in [0.2, 0.25) is 0 Å². The molecule has 1 aromatic carbocycles. The van der Waals surface area contributed by atoms with Crippen molar-refractivity contribution in [1.82, 2.24) is 10.3 Å². The molecule has 1 aliphatic rings. The summed E-state index contributed by atoms with van der Waals surface area (Å²) >= 11 is 1.48. The maximum atomic E-state index is 12.3. The summed E-state index contributed by atoms with van der Waals surface area (Å²) in [5.74, 6) is -0.147. The Bertz CT molecular complexity index is 683. The number of aromatic nitrogens is 1. The number of benzene rings is 1. The van der Waals surface area contributed by atoms with E-state index in [1.165, 1.54) is 11.3 Å². The molecule has 1 fully saturated rings. The van der Waals surface area contributed by atoms with E-state index in [9.17, 15) is 4.79 Å². The molecular weight excluding hydrogens is 324 g/mol. The number of hydrogen-bond acceptors (Lipinski definition) is 6. The molecule has 0 bridgehead atoms. The minimum Gasteiger partial charge on any atom is -0.378 e. The lowest BCUT2D eigenvalue weighted by Crippen LogP contribution is -2.37. The lowest BCUT2D eigenvalue weighted by atomic mass is 10.1. The number of ether oxygens (including phenoxy) is 1. The molecule has 3 rings (SSSR count). The third kappa shape index (κ3) is 4.11. The van der Waals surface area contributed by atoms with Crippen LogP contribution in [0, 0.1) is 0 Å². The van der Waals surface area contributed by atoms with Crippen LogP contribution in [0.3, 0.4) is 0 Å². The van der Waals surface area contributed by atoms with E-state index in [1.54, 1.807) is 5.38 Å². The van der Waals surface area contributed by atoms with E-state index in [2.05, 4.69) is 21.3 Å². The molecule has 1 amide bonds. The molecule has 0 saturated carbocycles. The third-order valence-corrected chi connectivity index (χ3v) is 4.83. The summed E-state index contributed by atoms with van der Waals surface area (Å²) in [6.45, 7) is 4.25. The zero-order valence-electron chi connectivity index (χ0n) is 13.5. The Hall–Kier alpha value is -1.96. The summed E-state index contributed by atoms with van der Waals surface area (Å²) in [4.78, 5) is 18.9. The Morgan fingerprint density at radius 3 is 2.92 bits per heavy atom. The van der Waals surface area contributed by atoms with E-state index in [-0.39, 0.29) is 5.91 Å². The molecule has 24 heavy (non-hydrogen) atoms. The van der Waals surface area contributed by atoms with Gasteiger partial charge in [0.05, 0.1) is 18.2 Å². The van der Waals surface area contributed by atoms with Crippen LogP contribution >= 0.6 is 11.3 Å². The maximum absolute atomic E-state index is 12.3. The smallest absolute Gasteiger partial charge is 0.271 e. The van der Waals surface area contributed by atoms with Gasteiger partial charge in [-0.2, -0.15) is 0 Å². The first kappa shape index (κ1) is 16.9. The highest BCUT2D eigenvalue weighted by Crippen LogP contribution is 2.21. The summed E-state index contributed by atoms with van der Waals surface area (Å²) in [7, 11) is 0. The van der Waals surface area contributed by atoms with E-state index < -0.39 is 0 Å². The van der Waals surface area contributed by atoms with Crippen LogP contribution in [-0.4, -0.2) is 43.7 Å². The highest BCUT2D eigenvalue weighted by Gasteiger charge is 2.15. The number of nitrogens with two attached hydrogens (primary N) is 1. The van der Waals surface area contributed by atoms with Crippen LogP contribution in [0.15, 0.2) is 29.6 Å². The zero-order valence-corrected chi connectivity index (χ0v) is 14.3. The van der Waals surface area contributed by atoms with Crippen molar-refractivity contribution in [2.24, 2.45) is 5.73 Å². The Morgan fingerprint density at radius 1 is 1.33 bits per heavy atom. The van der Waals surface area contributed by atoms with Crippen molar-refractivity contribution < 1.29 is 9.53 Å². The number of morpholine rings is 1. The van der Waals surface area contributed by atoms with Crippen LogP contribution in [-0.2, 0) is 17.7 Å². The maximum Gasteiger partial charge on any atom is 0.271 e. The number of para-hydroxylation sites is 1. The second-order valence-corrected chi connectivity index (χ2v) is 6.52. The predicted molar refractivity (Wildman–Crippen MR) is 95.5 cm³/mol. The van der Waals surface area contributed by atoms with Crippen LogP contribution in [0.4, 0.5) is 5.69 Å². The number of nitrogens with one attached hydrogen (secondary N) is 1. The number of thiazole rings is 1. The zero-order chi connectivity index (χ0) is 16.8. The van der Waals surface area contributed by atoms with Crippen molar-refractivity contribution >= 4 is 22.9 Å². The number of amides is 1.